The van der Waals surface area contributed by atoms with E-state index in [4.69, 9.17) is 0 Å². The van der Waals surface area contributed by atoms with Gasteiger partial charge in [-0.25, -0.2) is 0 Å². The minimum absolute atomic E-state index is 0.275. The van der Waals surface area contributed by atoms with Gasteiger partial charge in [0.15, 0.2) is 0 Å². The number of carbonyl (C=O) groups is 1. The van der Waals surface area contributed by atoms with Crippen LogP contribution in [0.4, 0.5) is 0 Å². The molecule has 1 fully saturated rings. The molecule has 2 aliphatic rings. The third-order valence-corrected chi connectivity index (χ3v) is 7.78. The fraction of sp³-hybridized carbons (Fsp3) is 0.542. The molecule has 150 valence electrons. The van der Waals surface area contributed by atoms with Crippen molar-refractivity contribution in [3.8, 4) is 0 Å². The number of amides is 1. The molecule has 1 amide bonds. The molecule has 0 radical (unpaired) electrons. The van der Waals surface area contributed by atoms with Crippen LogP contribution < -0.4 is 0 Å². The molecule has 2 aromatic rings. The first-order chi connectivity index (χ1) is 13.6. The van der Waals surface area contributed by atoms with E-state index in [2.05, 4.69) is 60.5 Å². The number of hydrogen-bond donors (Lipinski definition) is 0. The van der Waals surface area contributed by atoms with E-state index in [0.717, 1.165) is 39.1 Å². The highest BCUT2D eigenvalue weighted by Gasteiger charge is 2.45. The fourth-order valence-corrected chi connectivity index (χ4v) is 6.11. The van der Waals surface area contributed by atoms with Crippen molar-refractivity contribution in [2.45, 2.75) is 57.4 Å². The Bertz CT molecular complexity index is 789. The van der Waals surface area contributed by atoms with Gasteiger partial charge in [0.1, 0.15) is 0 Å². The van der Waals surface area contributed by atoms with Crippen molar-refractivity contribution in [1.29, 1.82) is 0 Å². The van der Waals surface area contributed by atoms with E-state index in [-0.39, 0.29) is 5.41 Å². The highest BCUT2D eigenvalue weighted by atomic mass is 32.1. The second-order valence-electron chi connectivity index (χ2n) is 8.39. The van der Waals surface area contributed by atoms with Crippen molar-refractivity contribution < 1.29 is 4.79 Å². The van der Waals surface area contributed by atoms with Crippen LogP contribution in [0.3, 0.4) is 0 Å². The summed E-state index contributed by atoms with van der Waals surface area (Å²) in [4.78, 5) is 18.8. The number of rotatable bonds is 6. The van der Waals surface area contributed by atoms with Gasteiger partial charge >= 0.3 is 0 Å². The number of benzene rings is 1. The van der Waals surface area contributed by atoms with Crippen molar-refractivity contribution in [3.05, 3.63) is 57.8 Å². The summed E-state index contributed by atoms with van der Waals surface area (Å²) in [5.41, 5.74) is 3.24. The van der Waals surface area contributed by atoms with Crippen LogP contribution in [0.5, 0.6) is 0 Å². The maximum absolute atomic E-state index is 12.8. The van der Waals surface area contributed by atoms with Gasteiger partial charge in [-0.3, -0.25) is 9.69 Å². The Labute approximate surface area is 173 Å². The molecular formula is C24H32N2OS. The Kier molecular flexibility index (Phi) is 5.88. The van der Waals surface area contributed by atoms with Gasteiger partial charge in [0.2, 0.25) is 5.91 Å². The first kappa shape index (κ1) is 19.7. The standard InChI is InChI=1S/C24H32N2OS/c1-3-26(4-2)23(27)16-19-17-24(22-10-6-5-9-21(19)22)11-13-25(14-12-24)18-20-8-7-15-28-20/h5-10,15,19H,3-4,11-14,16-18H2,1-2H3/t19-/m0/s1. The summed E-state index contributed by atoms with van der Waals surface area (Å²) in [5.74, 6) is 0.699. The highest BCUT2D eigenvalue weighted by molar-refractivity contribution is 7.09. The van der Waals surface area contributed by atoms with E-state index < -0.39 is 0 Å². The van der Waals surface area contributed by atoms with Crippen LogP contribution in [0.2, 0.25) is 0 Å². The molecule has 1 aliphatic heterocycles. The Morgan fingerprint density at radius 3 is 2.57 bits per heavy atom. The average molecular weight is 397 g/mol. The zero-order valence-electron chi connectivity index (χ0n) is 17.2. The third kappa shape index (κ3) is 3.77. The first-order valence-corrected chi connectivity index (χ1v) is 11.6. The number of thiophene rings is 1. The summed E-state index contributed by atoms with van der Waals surface area (Å²) in [6.07, 6.45) is 4.24. The van der Waals surface area contributed by atoms with Gasteiger partial charge < -0.3 is 4.90 Å². The van der Waals surface area contributed by atoms with E-state index in [0.29, 0.717) is 18.2 Å². The zero-order valence-corrected chi connectivity index (χ0v) is 18.0. The summed E-state index contributed by atoms with van der Waals surface area (Å²) in [5, 5.41) is 2.17. The minimum Gasteiger partial charge on any atom is -0.343 e. The summed E-state index contributed by atoms with van der Waals surface area (Å²) in [7, 11) is 0. The number of carbonyl (C=O) groups excluding carboxylic acids is 1. The molecule has 4 heteroatoms. The smallest absolute Gasteiger partial charge is 0.223 e. The lowest BCUT2D eigenvalue weighted by molar-refractivity contribution is -0.131. The fourth-order valence-electron chi connectivity index (χ4n) is 5.36. The third-order valence-electron chi connectivity index (χ3n) is 6.92. The number of likely N-dealkylation sites (tertiary alicyclic amines) is 1. The zero-order chi connectivity index (χ0) is 19.6. The molecule has 4 rings (SSSR count). The molecule has 1 aromatic heterocycles. The molecule has 2 heterocycles. The largest absolute Gasteiger partial charge is 0.343 e. The SMILES string of the molecule is CCN(CC)C(=O)C[C@H]1CC2(CCN(Cc3cccs3)CC2)c2ccccc21. The van der Waals surface area contributed by atoms with Crippen LogP contribution >= 0.6 is 11.3 Å². The lowest BCUT2D eigenvalue weighted by Gasteiger charge is -2.40. The minimum atomic E-state index is 0.275. The Morgan fingerprint density at radius 2 is 1.89 bits per heavy atom. The van der Waals surface area contributed by atoms with Crippen LogP contribution in [0.25, 0.3) is 0 Å². The Hall–Kier alpha value is -1.65. The normalized spacial score (nSPS) is 21.0. The monoisotopic (exact) mass is 396 g/mol. The van der Waals surface area contributed by atoms with Gasteiger partial charge in [-0.2, -0.15) is 0 Å². The predicted octanol–water partition coefficient (Wildman–Crippen LogP) is 5.03. The van der Waals surface area contributed by atoms with Crippen LogP contribution in [0.1, 0.15) is 61.5 Å². The summed E-state index contributed by atoms with van der Waals surface area (Å²) in [6, 6.07) is 13.4. The van der Waals surface area contributed by atoms with Crippen molar-refractivity contribution >= 4 is 17.2 Å². The molecule has 0 unspecified atom stereocenters. The number of fused-ring (bicyclic) bond motifs is 2. The average Bonchev–Trinajstić information content (AvgIpc) is 3.32. The maximum atomic E-state index is 12.8. The van der Waals surface area contributed by atoms with E-state index in [1.54, 1.807) is 0 Å². The van der Waals surface area contributed by atoms with Crippen LogP contribution in [0, 0.1) is 0 Å². The molecule has 1 spiro atoms. The topological polar surface area (TPSA) is 23.6 Å². The molecule has 0 bridgehead atoms. The molecule has 1 atom stereocenters. The van der Waals surface area contributed by atoms with Gasteiger partial charge in [-0.1, -0.05) is 30.3 Å². The Morgan fingerprint density at radius 1 is 1.14 bits per heavy atom. The molecule has 0 N–H and O–H groups in total. The van der Waals surface area contributed by atoms with Gasteiger partial charge in [0.25, 0.3) is 0 Å². The van der Waals surface area contributed by atoms with Crippen molar-refractivity contribution in [2.75, 3.05) is 26.2 Å². The maximum Gasteiger partial charge on any atom is 0.223 e. The molecule has 1 aliphatic carbocycles. The van der Waals surface area contributed by atoms with Crippen molar-refractivity contribution in [3.63, 3.8) is 0 Å². The van der Waals surface area contributed by atoms with Crippen LogP contribution in [0.15, 0.2) is 41.8 Å². The number of nitrogens with zero attached hydrogens (tertiary/aromatic N) is 2. The summed E-state index contributed by atoms with van der Waals surface area (Å²) >= 11 is 1.86. The van der Waals surface area contributed by atoms with E-state index >= 15 is 0 Å². The van der Waals surface area contributed by atoms with Crippen molar-refractivity contribution in [2.24, 2.45) is 0 Å². The first-order valence-electron chi connectivity index (χ1n) is 10.8. The van der Waals surface area contributed by atoms with Gasteiger partial charge in [-0.05, 0) is 80.1 Å². The van der Waals surface area contributed by atoms with Gasteiger partial charge in [0, 0.05) is 30.9 Å². The number of hydrogen-bond acceptors (Lipinski definition) is 3. The van der Waals surface area contributed by atoms with Crippen LogP contribution in [-0.2, 0) is 16.8 Å². The quantitative estimate of drug-likeness (QED) is 0.684. The molecule has 1 saturated heterocycles. The summed E-state index contributed by atoms with van der Waals surface area (Å²) < 4.78 is 0. The van der Waals surface area contributed by atoms with Gasteiger partial charge in [-0.15, -0.1) is 11.3 Å². The summed E-state index contributed by atoms with van der Waals surface area (Å²) in [6.45, 7) is 9.17. The second kappa shape index (κ2) is 8.38. The van der Waals surface area contributed by atoms with E-state index in [1.165, 1.54) is 28.8 Å². The van der Waals surface area contributed by atoms with Gasteiger partial charge in [0.05, 0.1) is 0 Å². The molecule has 3 nitrogen and oxygen atoms in total. The lowest BCUT2D eigenvalue weighted by Crippen LogP contribution is -2.41. The highest BCUT2D eigenvalue weighted by Crippen LogP contribution is 2.52. The Balaban J connectivity index is 1.48. The van der Waals surface area contributed by atoms with E-state index in [9.17, 15) is 4.79 Å². The second-order valence-corrected chi connectivity index (χ2v) is 9.43. The van der Waals surface area contributed by atoms with Crippen LogP contribution in [-0.4, -0.2) is 41.9 Å². The van der Waals surface area contributed by atoms with E-state index in [1.807, 2.05) is 16.2 Å². The molecule has 1 aromatic carbocycles. The molecule has 28 heavy (non-hydrogen) atoms. The van der Waals surface area contributed by atoms with Crippen molar-refractivity contribution in [1.82, 2.24) is 9.80 Å². The lowest BCUT2D eigenvalue weighted by atomic mass is 9.73. The molecular weight excluding hydrogens is 364 g/mol. The molecule has 0 saturated carbocycles. The number of piperidine rings is 1. The predicted molar refractivity (Wildman–Crippen MR) is 117 cm³/mol.